The van der Waals surface area contributed by atoms with Gasteiger partial charge in [-0.25, -0.2) is 0 Å². The molecule has 1 N–H and O–H groups in total. The average molecular weight is 423 g/mol. The number of nitrogens with zero attached hydrogens (tertiary/aromatic N) is 3. The molecule has 0 aliphatic carbocycles. The predicted octanol–water partition coefficient (Wildman–Crippen LogP) is 3.08. The molecule has 1 fully saturated rings. The van der Waals surface area contributed by atoms with E-state index in [0.717, 1.165) is 43.9 Å². The molecule has 166 valence electrons. The van der Waals surface area contributed by atoms with Gasteiger partial charge in [0.1, 0.15) is 0 Å². The quantitative estimate of drug-likeness (QED) is 0.745. The molecule has 1 aliphatic heterocycles. The molecule has 2 aromatic rings. The van der Waals surface area contributed by atoms with Crippen molar-refractivity contribution >= 4 is 23.2 Å². The number of nitrogens with one attached hydrogen (secondary N) is 1. The predicted molar refractivity (Wildman–Crippen MR) is 127 cm³/mol. The Kier molecular flexibility index (Phi) is 7.69. The molecule has 0 atom stereocenters. The molecule has 0 saturated carbocycles. The summed E-state index contributed by atoms with van der Waals surface area (Å²) in [7, 11) is 1.69. The van der Waals surface area contributed by atoms with Gasteiger partial charge in [0, 0.05) is 44.6 Å². The lowest BCUT2D eigenvalue weighted by Crippen LogP contribution is -2.50. The Balaban J connectivity index is 1.47. The van der Waals surface area contributed by atoms with Gasteiger partial charge in [-0.1, -0.05) is 37.3 Å². The second-order valence-electron chi connectivity index (χ2n) is 8.29. The lowest BCUT2D eigenvalue weighted by Gasteiger charge is -2.37. The van der Waals surface area contributed by atoms with Gasteiger partial charge < -0.3 is 15.1 Å². The minimum Gasteiger partial charge on any atom is -0.369 e. The van der Waals surface area contributed by atoms with Crippen LogP contribution in [0.1, 0.15) is 23.6 Å². The van der Waals surface area contributed by atoms with E-state index >= 15 is 0 Å². The lowest BCUT2D eigenvalue weighted by molar-refractivity contribution is -0.134. The summed E-state index contributed by atoms with van der Waals surface area (Å²) < 4.78 is 0. The van der Waals surface area contributed by atoms with E-state index in [-0.39, 0.29) is 18.4 Å². The van der Waals surface area contributed by atoms with Crippen molar-refractivity contribution in [3.8, 4) is 0 Å². The van der Waals surface area contributed by atoms with Gasteiger partial charge in [-0.2, -0.15) is 0 Å². The van der Waals surface area contributed by atoms with Crippen LogP contribution < -0.4 is 10.2 Å². The second kappa shape index (κ2) is 10.4. The maximum atomic E-state index is 12.7. The fourth-order valence-corrected chi connectivity index (χ4v) is 3.98. The maximum Gasteiger partial charge on any atom is 0.243 e. The highest BCUT2D eigenvalue weighted by molar-refractivity contribution is 5.95. The number of anilines is 2. The van der Waals surface area contributed by atoms with Crippen LogP contribution >= 0.6 is 0 Å². The van der Waals surface area contributed by atoms with Crippen LogP contribution in [-0.4, -0.2) is 67.9 Å². The zero-order valence-electron chi connectivity index (χ0n) is 19.1. The number of carbonyl (C=O) groups excluding carboxylic acids is 2. The maximum absolute atomic E-state index is 12.7. The number of aryl methyl sites for hydroxylation is 2. The molecule has 1 heterocycles. The van der Waals surface area contributed by atoms with Gasteiger partial charge in [0.15, 0.2) is 0 Å². The molecule has 2 aromatic carbocycles. The number of hydrogen-bond acceptors (Lipinski definition) is 4. The largest absolute Gasteiger partial charge is 0.369 e. The summed E-state index contributed by atoms with van der Waals surface area (Å²) in [6.07, 6.45) is 0.847. The Morgan fingerprint density at radius 3 is 2.42 bits per heavy atom. The molecule has 0 radical (unpaired) electrons. The molecule has 2 amide bonds. The molecule has 6 nitrogen and oxygen atoms in total. The van der Waals surface area contributed by atoms with E-state index in [1.807, 2.05) is 24.3 Å². The van der Waals surface area contributed by atoms with Crippen molar-refractivity contribution in [2.75, 3.05) is 56.5 Å². The molecule has 0 spiro atoms. The molecule has 0 bridgehead atoms. The zero-order chi connectivity index (χ0) is 22.4. The Labute approximate surface area is 185 Å². The number of piperazine rings is 1. The van der Waals surface area contributed by atoms with Crippen LogP contribution in [0.5, 0.6) is 0 Å². The summed E-state index contributed by atoms with van der Waals surface area (Å²) in [6.45, 7) is 10.2. The molecule has 6 heteroatoms. The molecular weight excluding hydrogens is 388 g/mol. The van der Waals surface area contributed by atoms with Crippen molar-refractivity contribution in [2.24, 2.45) is 0 Å². The first-order chi connectivity index (χ1) is 14.9. The SMILES string of the molecule is CCc1ccccc1NC(=O)CN(C)C(=O)CN1CCN(c2cccc(C)c2C)CC1. The normalized spacial score (nSPS) is 14.4. The van der Waals surface area contributed by atoms with Gasteiger partial charge in [-0.3, -0.25) is 14.5 Å². The average Bonchev–Trinajstić information content (AvgIpc) is 2.76. The van der Waals surface area contributed by atoms with Gasteiger partial charge >= 0.3 is 0 Å². The minimum absolute atomic E-state index is 0.0286. The summed E-state index contributed by atoms with van der Waals surface area (Å²) in [4.78, 5) is 31.2. The monoisotopic (exact) mass is 422 g/mol. The van der Waals surface area contributed by atoms with Crippen molar-refractivity contribution in [3.63, 3.8) is 0 Å². The zero-order valence-corrected chi connectivity index (χ0v) is 19.1. The van der Waals surface area contributed by atoms with Crippen LogP contribution in [0.25, 0.3) is 0 Å². The van der Waals surface area contributed by atoms with E-state index in [9.17, 15) is 9.59 Å². The number of amides is 2. The molecule has 0 aromatic heterocycles. The molecule has 31 heavy (non-hydrogen) atoms. The van der Waals surface area contributed by atoms with Gasteiger partial charge in [0.2, 0.25) is 11.8 Å². The fourth-order valence-electron chi connectivity index (χ4n) is 3.98. The van der Waals surface area contributed by atoms with Crippen LogP contribution in [0.2, 0.25) is 0 Å². The third-order valence-corrected chi connectivity index (χ3v) is 6.13. The Hall–Kier alpha value is -2.86. The van der Waals surface area contributed by atoms with E-state index in [2.05, 4.69) is 54.1 Å². The number of benzene rings is 2. The number of likely N-dealkylation sites (N-methyl/N-ethyl adjacent to an activating group) is 1. The topological polar surface area (TPSA) is 55.9 Å². The van der Waals surface area contributed by atoms with Crippen molar-refractivity contribution in [1.29, 1.82) is 0 Å². The molecular formula is C25H34N4O2. The Morgan fingerprint density at radius 1 is 1.00 bits per heavy atom. The summed E-state index contributed by atoms with van der Waals surface area (Å²) in [5.74, 6) is -0.199. The summed E-state index contributed by atoms with van der Waals surface area (Å²) in [5.41, 5.74) is 5.82. The molecule has 0 unspecified atom stereocenters. The fraction of sp³-hybridized carbons (Fsp3) is 0.440. The standard InChI is InChI=1S/C25H34N4O2/c1-5-21-10-6-7-11-22(21)26-24(30)17-27(4)25(31)18-28-13-15-29(16-14-28)23-12-8-9-19(2)20(23)3/h6-12H,5,13-18H2,1-4H3,(H,26,30). The van der Waals surface area contributed by atoms with Crippen molar-refractivity contribution in [3.05, 3.63) is 59.2 Å². The molecule has 1 saturated heterocycles. The first kappa shape index (κ1) is 22.8. The van der Waals surface area contributed by atoms with Gasteiger partial charge in [0.25, 0.3) is 0 Å². The van der Waals surface area contributed by atoms with Gasteiger partial charge in [0.05, 0.1) is 13.1 Å². The van der Waals surface area contributed by atoms with Crippen LogP contribution in [0.15, 0.2) is 42.5 Å². The van der Waals surface area contributed by atoms with E-state index < -0.39 is 0 Å². The third-order valence-electron chi connectivity index (χ3n) is 6.13. The van der Waals surface area contributed by atoms with Crippen LogP contribution in [0.3, 0.4) is 0 Å². The van der Waals surface area contributed by atoms with Crippen molar-refractivity contribution in [1.82, 2.24) is 9.80 Å². The highest BCUT2D eigenvalue weighted by atomic mass is 16.2. The highest BCUT2D eigenvalue weighted by Crippen LogP contribution is 2.23. The first-order valence-corrected chi connectivity index (χ1v) is 11.0. The van der Waals surface area contributed by atoms with Crippen LogP contribution in [0.4, 0.5) is 11.4 Å². The third kappa shape index (κ3) is 5.85. The smallest absolute Gasteiger partial charge is 0.243 e. The highest BCUT2D eigenvalue weighted by Gasteiger charge is 2.22. The van der Waals surface area contributed by atoms with Gasteiger partial charge in [-0.15, -0.1) is 0 Å². The van der Waals surface area contributed by atoms with Crippen molar-refractivity contribution < 1.29 is 9.59 Å². The second-order valence-corrected chi connectivity index (χ2v) is 8.29. The van der Waals surface area contributed by atoms with E-state index in [1.165, 1.54) is 21.7 Å². The molecule has 1 aliphatic rings. The summed E-state index contributed by atoms with van der Waals surface area (Å²) in [5, 5.41) is 2.93. The first-order valence-electron chi connectivity index (χ1n) is 11.0. The lowest BCUT2D eigenvalue weighted by atomic mass is 10.1. The van der Waals surface area contributed by atoms with E-state index in [0.29, 0.717) is 6.54 Å². The summed E-state index contributed by atoms with van der Waals surface area (Å²) >= 11 is 0. The number of hydrogen-bond donors (Lipinski definition) is 1. The van der Waals surface area contributed by atoms with E-state index in [1.54, 1.807) is 7.05 Å². The number of carbonyl (C=O) groups is 2. The Morgan fingerprint density at radius 2 is 1.71 bits per heavy atom. The minimum atomic E-state index is -0.170. The number of rotatable bonds is 7. The van der Waals surface area contributed by atoms with Gasteiger partial charge in [-0.05, 0) is 49.1 Å². The number of para-hydroxylation sites is 1. The summed E-state index contributed by atoms with van der Waals surface area (Å²) in [6, 6.07) is 14.2. The van der Waals surface area contributed by atoms with Crippen molar-refractivity contribution in [2.45, 2.75) is 27.2 Å². The molecule has 3 rings (SSSR count). The Bertz CT molecular complexity index is 919. The van der Waals surface area contributed by atoms with Crippen LogP contribution in [-0.2, 0) is 16.0 Å². The van der Waals surface area contributed by atoms with Crippen LogP contribution in [0, 0.1) is 13.8 Å². The van der Waals surface area contributed by atoms with E-state index in [4.69, 9.17) is 0 Å².